The number of carboxylic acid groups (broad SMARTS) is 1. The van der Waals surface area contributed by atoms with Gasteiger partial charge in [0, 0.05) is 24.8 Å². The normalized spacial score (nSPS) is 19.1. The Morgan fingerprint density at radius 1 is 1.44 bits per heavy atom. The van der Waals surface area contributed by atoms with Gasteiger partial charge in [0.15, 0.2) is 6.61 Å². The van der Waals surface area contributed by atoms with Crippen molar-refractivity contribution in [2.45, 2.75) is 25.1 Å². The van der Waals surface area contributed by atoms with E-state index < -0.39 is 30.7 Å². The van der Waals surface area contributed by atoms with Crippen molar-refractivity contribution in [2.75, 3.05) is 19.8 Å². The topological polar surface area (TPSA) is 97.8 Å². The molecule has 1 amide bonds. The molecule has 2 unspecified atom stereocenters. The summed E-state index contributed by atoms with van der Waals surface area (Å²) in [6, 6.07) is 1.21. The number of pyridine rings is 1. The molecule has 1 aromatic rings. The van der Waals surface area contributed by atoms with Crippen LogP contribution in [0, 0.1) is 5.92 Å². The molecule has 10 heteroatoms. The smallest absolute Gasteiger partial charge is 0.422 e. The number of aromatic nitrogens is 1. The Morgan fingerprint density at radius 2 is 2.20 bits per heavy atom. The Bertz CT molecular complexity index is 600. The molecule has 2 atom stereocenters. The van der Waals surface area contributed by atoms with Gasteiger partial charge in [-0.25, -0.2) is 9.78 Å². The minimum absolute atomic E-state index is 0.0161. The first kappa shape index (κ1) is 19.0. The van der Waals surface area contributed by atoms with E-state index in [1.54, 1.807) is 0 Å². The van der Waals surface area contributed by atoms with Crippen LogP contribution < -0.4 is 10.1 Å². The average Bonchev–Trinajstić information content (AvgIpc) is 2.58. The summed E-state index contributed by atoms with van der Waals surface area (Å²) >= 11 is 0. The number of ether oxygens (including phenoxy) is 2. The van der Waals surface area contributed by atoms with E-state index in [0.717, 1.165) is 12.3 Å². The molecule has 0 radical (unpaired) electrons. The average molecular weight is 362 g/mol. The summed E-state index contributed by atoms with van der Waals surface area (Å²) < 4.78 is 45.9. The standard InChI is InChI=1S/C15H17F3N2O5/c16-15(17,18)8-25-11-4-3-9(6-19-11)13(21)20-12(14(22)23)10-2-1-5-24-7-10/h3-4,6,10,12H,1-2,5,7-8H2,(H,20,21)(H,22,23). The van der Waals surface area contributed by atoms with Gasteiger partial charge in [0.25, 0.3) is 5.91 Å². The molecular formula is C15H17F3N2O5. The zero-order chi connectivity index (χ0) is 18.4. The molecule has 1 fully saturated rings. The zero-order valence-corrected chi connectivity index (χ0v) is 13.1. The molecule has 0 spiro atoms. The third kappa shape index (κ3) is 5.89. The summed E-state index contributed by atoms with van der Waals surface area (Å²) in [5.41, 5.74) is 0.0161. The molecule has 2 rings (SSSR count). The molecule has 7 nitrogen and oxygen atoms in total. The third-order valence-corrected chi connectivity index (χ3v) is 3.60. The van der Waals surface area contributed by atoms with Gasteiger partial charge in [-0.1, -0.05) is 0 Å². The van der Waals surface area contributed by atoms with Crippen molar-refractivity contribution in [2.24, 2.45) is 5.92 Å². The Labute approximate surface area is 141 Å². The van der Waals surface area contributed by atoms with E-state index in [1.807, 2.05) is 0 Å². The van der Waals surface area contributed by atoms with Crippen LogP contribution in [0.15, 0.2) is 18.3 Å². The molecule has 0 aliphatic carbocycles. The molecular weight excluding hydrogens is 345 g/mol. The summed E-state index contributed by atoms with van der Waals surface area (Å²) in [7, 11) is 0. The maximum Gasteiger partial charge on any atom is 0.422 e. The number of alkyl halides is 3. The lowest BCUT2D eigenvalue weighted by Crippen LogP contribution is -2.48. The molecule has 1 aliphatic heterocycles. The first-order valence-corrected chi connectivity index (χ1v) is 7.53. The third-order valence-electron chi connectivity index (χ3n) is 3.60. The molecule has 2 heterocycles. The van der Waals surface area contributed by atoms with Gasteiger partial charge in [0.05, 0.1) is 12.2 Å². The van der Waals surface area contributed by atoms with Gasteiger partial charge in [-0.2, -0.15) is 13.2 Å². The van der Waals surface area contributed by atoms with Crippen LogP contribution >= 0.6 is 0 Å². The molecule has 25 heavy (non-hydrogen) atoms. The molecule has 1 aliphatic rings. The predicted octanol–water partition coefficient (Wildman–Crippen LogP) is 1.63. The van der Waals surface area contributed by atoms with Gasteiger partial charge in [0.2, 0.25) is 5.88 Å². The number of carboxylic acids is 1. The zero-order valence-electron chi connectivity index (χ0n) is 13.1. The fourth-order valence-electron chi connectivity index (χ4n) is 2.39. The highest BCUT2D eigenvalue weighted by Crippen LogP contribution is 2.19. The minimum atomic E-state index is -4.49. The highest BCUT2D eigenvalue weighted by molar-refractivity contribution is 5.96. The van der Waals surface area contributed by atoms with Crippen LogP contribution in [0.1, 0.15) is 23.2 Å². The van der Waals surface area contributed by atoms with Gasteiger partial charge < -0.3 is 19.9 Å². The van der Waals surface area contributed by atoms with Gasteiger partial charge in [-0.15, -0.1) is 0 Å². The summed E-state index contributed by atoms with van der Waals surface area (Å²) in [4.78, 5) is 27.2. The van der Waals surface area contributed by atoms with E-state index in [9.17, 15) is 27.9 Å². The molecule has 0 bridgehead atoms. The Kier molecular flexibility index (Phi) is 6.18. The van der Waals surface area contributed by atoms with Crippen molar-refractivity contribution < 1.29 is 37.3 Å². The number of halogens is 3. The van der Waals surface area contributed by atoms with Crippen LogP contribution in [-0.2, 0) is 9.53 Å². The number of amides is 1. The van der Waals surface area contributed by atoms with Gasteiger partial charge in [0.1, 0.15) is 6.04 Å². The summed E-state index contributed by atoms with van der Waals surface area (Å²) in [5.74, 6) is -2.50. The maximum absolute atomic E-state index is 12.2. The van der Waals surface area contributed by atoms with Crippen molar-refractivity contribution in [3.8, 4) is 5.88 Å². The van der Waals surface area contributed by atoms with Crippen molar-refractivity contribution in [1.82, 2.24) is 10.3 Å². The Hall–Kier alpha value is -2.36. The number of nitrogens with one attached hydrogen (secondary N) is 1. The van der Waals surface area contributed by atoms with Crippen molar-refractivity contribution >= 4 is 11.9 Å². The van der Waals surface area contributed by atoms with Crippen LogP contribution in [0.5, 0.6) is 5.88 Å². The molecule has 1 saturated heterocycles. The van der Waals surface area contributed by atoms with E-state index in [-0.39, 0.29) is 24.0 Å². The number of nitrogens with zero attached hydrogens (tertiary/aromatic N) is 1. The van der Waals surface area contributed by atoms with Crippen LogP contribution in [0.25, 0.3) is 0 Å². The van der Waals surface area contributed by atoms with Crippen molar-refractivity contribution in [3.05, 3.63) is 23.9 Å². The van der Waals surface area contributed by atoms with Crippen molar-refractivity contribution in [1.29, 1.82) is 0 Å². The van der Waals surface area contributed by atoms with Crippen LogP contribution in [-0.4, -0.2) is 54.0 Å². The lowest BCUT2D eigenvalue weighted by Gasteiger charge is -2.28. The molecule has 0 aromatic carbocycles. The predicted molar refractivity (Wildman–Crippen MR) is 78.2 cm³/mol. The van der Waals surface area contributed by atoms with E-state index >= 15 is 0 Å². The van der Waals surface area contributed by atoms with Crippen LogP contribution in [0.2, 0.25) is 0 Å². The first-order chi connectivity index (χ1) is 11.8. The first-order valence-electron chi connectivity index (χ1n) is 7.53. The Balaban J connectivity index is 1.97. The van der Waals surface area contributed by atoms with Crippen LogP contribution in [0.3, 0.4) is 0 Å². The fourth-order valence-corrected chi connectivity index (χ4v) is 2.39. The number of hydrogen-bond acceptors (Lipinski definition) is 5. The van der Waals surface area contributed by atoms with E-state index in [1.165, 1.54) is 6.07 Å². The summed E-state index contributed by atoms with van der Waals surface area (Å²) in [5, 5.41) is 11.7. The number of carbonyl (C=O) groups is 2. The second-order valence-electron chi connectivity index (χ2n) is 5.56. The lowest BCUT2D eigenvalue weighted by atomic mass is 9.93. The van der Waals surface area contributed by atoms with E-state index in [4.69, 9.17) is 4.74 Å². The van der Waals surface area contributed by atoms with Gasteiger partial charge >= 0.3 is 12.1 Å². The van der Waals surface area contributed by atoms with E-state index in [0.29, 0.717) is 19.4 Å². The second kappa shape index (κ2) is 8.15. The monoisotopic (exact) mass is 362 g/mol. The Morgan fingerprint density at radius 3 is 2.72 bits per heavy atom. The summed E-state index contributed by atoms with van der Waals surface area (Å²) in [6.07, 6.45) is -2.15. The number of hydrogen-bond donors (Lipinski definition) is 2. The maximum atomic E-state index is 12.2. The molecule has 138 valence electrons. The largest absolute Gasteiger partial charge is 0.480 e. The number of carbonyl (C=O) groups excluding carboxylic acids is 1. The van der Waals surface area contributed by atoms with E-state index in [2.05, 4.69) is 15.0 Å². The fraction of sp³-hybridized carbons (Fsp3) is 0.533. The number of aliphatic carboxylic acids is 1. The number of rotatable bonds is 6. The van der Waals surface area contributed by atoms with Gasteiger partial charge in [-0.3, -0.25) is 4.79 Å². The highest BCUT2D eigenvalue weighted by atomic mass is 19.4. The molecule has 0 saturated carbocycles. The lowest BCUT2D eigenvalue weighted by molar-refractivity contribution is -0.154. The van der Waals surface area contributed by atoms with Crippen LogP contribution in [0.4, 0.5) is 13.2 Å². The highest BCUT2D eigenvalue weighted by Gasteiger charge is 2.32. The van der Waals surface area contributed by atoms with Crippen molar-refractivity contribution in [3.63, 3.8) is 0 Å². The molecule has 1 aromatic heterocycles. The summed E-state index contributed by atoms with van der Waals surface area (Å²) in [6.45, 7) is -0.700. The quantitative estimate of drug-likeness (QED) is 0.798. The molecule has 2 N–H and O–H groups in total. The SMILES string of the molecule is O=C(NC(C(=O)O)C1CCCOC1)c1ccc(OCC(F)(F)F)nc1. The second-order valence-corrected chi connectivity index (χ2v) is 5.56. The minimum Gasteiger partial charge on any atom is -0.480 e. The van der Waals surface area contributed by atoms with Gasteiger partial charge in [-0.05, 0) is 18.9 Å².